The Morgan fingerprint density at radius 3 is 2.71 bits per heavy atom. The molecule has 2 rings (SSSR count). The predicted octanol–water partition coefficient (Wildman–Crippen LogP) is 3.92. The van der Waals surface area contributed by atoms with Crippen molar-refractivity contribution < 1.29 is 8.42 Å². The van der Waals surface area contributed by atoms with Crippen LogP contribution in [0.15, 0.2) is 34.5 Å². The van der Waals surface area contributed by atoms with Crippen molar-refractivity contribution in [2.75, 3.05) is 11.3 Å². The van der Waals surface area contributed by atoms with Crippen molar-refractivity contribution in [1.29, 1.82) is 0 Å². The fourth-order valence-electron chi connectivity index (χ4n) is 1.61. The van der Waals surface area contributed by atoms with Crippen LogP contribution in [0, 0.1) is 3.57 Å². The first-order chi connectivity index (χ1) is 9.92. The van der Waals surface area contributed by atoms with Gasteiger partial charge in [0.25, 0.3) is 10.0 Å². The predicted molar refractivity (Wildman–Crippen MR) is 96.7 cm³/mol. The van der Waals surface area contributed by atoms with Crippen LogP contribution in [-0.4, -0.2) is 15.0 Å². The van der Waals surface area contributed by atoms with Gasteiger partial charge in [-0.1, -0.05) is 18.5 Å². The molecule has 0 amide bonds. The van der Waals surface area contributed by atoms with Crippen LogP contribution in [0.1, 0.15) is 11.8 Å². The molecule has 0 atom stereocenters. The highest BCUT2D eigenvalue weighted by Gasteiger charge is 2.18. The number of hydrogen-bond acceptors (Lipinski definition) is 4. The number of rotatable bonds is 6. The fraction of sp³-hybridized carbons (Fsp3) is 0.231. The maximum Gasteiger partial charge on any atom is 0.271 e. The van der Waals surface area contributed by atoms with E-state index in [1.165, 1.54) is 11.3 Å². The van der Waals surface area contributed by atoms with Crippen molar-refractivity contribution in [3.63, 3.8) is 0 Å². The highest BCUT2D eigenvalue weighted by molar-refractivity contribution is 14.1. The van der Waals surface area contributed by atoms with Gasteiger partial charge in [-0.2, -0.15) is 0 Å². The van der Waals surface area contributed by atoms with Crippen LogP contribution >= 0.6 is 45.5 Å². The number of benzene rings is 1. The van der Waals surface area contributed by atoms with Gasteiger partial charge in [0.2, 0.25) is 0 Å². The molecule has 0 spiro atoms. The zero-order valence-electron chi connectivity index (χ0n) is 11.2. The van der Waals surface area contributed by atoms with E-state index in [0.29, 0.717) is 17.3 Å². The van der Waals surface area contributed by atoms with Gasteiger partial charge in [0.15, 0.2) is 0 Å². The second kappa shape index (κ2) is 7.28. The lowest BCUT2D eigenvalue weighted by molar-refractivity contribution is 0.603. The molecule has 0 fully saturated rings. The Bertz CT molecular complexity index is 732. The van der Waals surface area contributed by atoms with Gasteiger partial charge in [0.05, 0.1) is 10.7 Å². The van der Waals surface area contributed by atoms with Crippen LogP contribution in [0.2, 0.25) is 5.02 Å². The standard InChI is InChI=1S/C13H14ClIN2O2S2/c1-2-16-8-10-4-6-13(20-10)21(18,19)17-12-5-3-9(15)7-11(12)14/h3-7,16-17H,2,8H2,1H3. The maximum atomic E-state index is 12.3. The minimum atomic E-state index is -3.60. The summed E-state index contributed by atoms with van der Waals surface area (Å²) in [6, 6.07) is 8.60. The molecule has 8 heteroatoms. The van der Waals surface area contributed by atoms with Crippen LogP contribution in [0.3, 0.4) is 0 Å². The Morgan fingerprint density at radius 2 is 2.05 bits per heavy atom. The monoisotopic (exact) mass is 456 g/mol. The second-order valence-corrected chi connectivity index (χ2v) is 8.96. The Kier molecular flexibility index (Phi) is 5.89. The summed E-state index contributed by atoms with van der Waals surface area (Å²) < 4.78 is 28.4. The number of halogens is 2. The molecule has 0 saturated carbocycles. The van der Waals surface area contributed by atoms with Crippen molar-refractivity contribution in [2.45, 2.75) is 17.7 Å². The van der Waals surface area contributed by atoms with Gasteiger partial charge < -0.3 is 5.32 Å². The minimum absolute atomic E-state index is 0.282. The van der Waals surface area contributed by atoms with Gasteiger partial charge in [-0.25, -0.2) is 8.42 Å². The smallest absolute Gasteiger partial charge is 0.271 e. The second-order valence-electron chi connectivity index (χ2n) is 4.23. The van der Waals surface area contributed by atoms with Crippen LogP contribution in [0.25, 0.3) is 0 Å². The van der Waals surface area contributed by atoms with Crippen LogP contribution in [0.5, 0.6) is 0 Å². The largest absolute Gasteiger partial charge is 0.312 e. The number of sulfonamides is 1. The van der Waals surface area contributed by atoms with Gasteiger partial charge in [-0.3, -0.25) is 4.72 Å². The van der Waals surface area contributed by atoms with E-state index in [-0.39, 0.29) is 4.21 Å². The molecule has 0 bridgehead atoms. The summed E-state index contributed by atoms with van der Waals surface area (Å²) >= 11 is 9.43. The summed E-state index contributed by atoms with van der Waals surface area (Å²) in [5, 5.41) is 3.55. The highest BCUT2D eigenvalue weighted by Crippen LogP contribution is 2.28. The van der Waals surface area contributed by atoms with Gasteiger partial charge in [0.1, 0.15) is 4.21 Å². The van der Waals surface area contributed by atoms with Crippen LogP contribution in [-0.2, 0) is 16.6 Å². The van der Waals surface area contributed by atoms with Gasteiger partial charge >= 0.3 is 0 Å². The van der Waals surface area contributed by atoms with Crippen LogP contribution in [0.4, 0.5) is 5.69 Å². The fourth-order valence-corrected chi connectivity index (χ4v) is 4.98. The molecule has 0 saturated heterocycles. The first kappa shape index (κ1) is 17.0. The number of thiophene rings is 1. The molecular formula is C13H14ClIN2O2S2. The molecular weight excluding hydrogens is 443 g/mol. The molecule has 4 nitrogen and oxygen atoms in total. The normalized spacial score (nSPS) is 11.6. The van der Waals surface area contributed by atoms with Crippen molar-refractivity contribution in [3.05, 3.63) is 43.8 Å². The molecule has 1 aromatic carbocycles. The molecule has 0 aliphatic heterocycles. The lowest BCUT2D eigenvalue weighted by Gasteiger charge is -2.08. The number of hydrogen-bond donors (Lipinski definition) is 2. The average molecular weight is 457 g/mol. The first-order valence-electron chi connectivity index (χ1n) is 6.19. The summed E-state index contributed by atoms with van der Waals surface area (Å²) in [5.74, 6) is 0. The SMILES string of the molecule is CCNCc1ccc(S(=O)(=O)Nc2ccc(I)cc2Cl)s1. The Labute approximate surface area is 147 Å². The number of nitrogens with one attached hydrogen (secondary N) is 2. The molecule has 21 heavy (non-hydrogen) atoms. The van der Waals surface area contributed by atoms with Crippen molar-refractivity contribution in [2.24, 2.45) is 0 Å². The third-order valence-electron chi connectivity index (χ3n) is 2.63. The summed E-state index contributed by atoms with van der Waals surface area (Å²) in [5.41, 5.74) is 0.388. The summed E-state index contributed by atoms with van der Waals surface area (Å²) in [7, 11) is -3.60. The van der Waals surface area contributed by atoms with Crippen molar-refractivity contribution >= 4 is 61.2 Å². The van der Waals surface area contributed by atoms with E-state index < -0.39 is 10.0 Å². The number of anilines is 1. The van der Waals surface area contributed by atoms with E-state index in [4.69, 9.17) is 11.6 Å². The molecule has 0 aliphatic rings. The molecule has 2 aromatic rings. The van der Waals surface area contributed by atoms with Crippen molar-refractivity contribution in [3.8, 4) is 0 Å². The first-order valence-corrected chi connectivity index (χ1v) is 9.95. The van der Waals surface area contributed by atoms with E-state index in [1.807, 2.05) is 13.0 Å². The molecule has 2 N–H and O–H groups in total. The summed E-state index contributed by atoms with van der Waals surface area (Å²) in [6.07, 6.45) is 0. The minimum Gasteiger partial charge on any atom is -0.312 e. The zero-order chi connectivity index (χ0) is 15.5. The maximum absolute atomic E-state index is 12.3. The molecule has 0 aliphatic carbocycles. The molecule has 0 unspecified atom stereocenters. The van der Waals surface area contributed by atoms with E-state index in [9.17, 15) is 8.42 Å². The van der Waals surface area contributed by atoms with E-state index in [1.54, 1.807) is 24.3 Å². The van der Waals surface area contributed by atoms with E-state index in [2.05, 4.69) is 32.6 Å². The topological polar surface area (TPSA) is 58.2 Å². The molecule has 114 valence electrons. The van der Waals surface area contributed by atoms with Gasteiger partial charge in [0, 0.05) is 15.0 Å². The van der Waals surface area contributed by atoms with E-state index >= 15 is 0 Å². The Hall–Kier alpha value is -0.350. The van der Waals surface area contributed by atoms with Gasteiger partial charge in [-0.15, -0.1) is 11.3 Å². The summed E-state index contributed by atoms with van der Waals surface area (Å²) in [6.45, 7) is 3.52. The molecule has 1 heterocycles. The third-order valence-corrected chi connectivity index (χ3v) is 6.55. The molecule has 0 radical (unpaired) electrons. The Balaban J connectivity index is 2.19. The van der Waals surface area contributed by atoms with Crippen molar-refractivity contribution in [1.82, 2.24) is 5.32 Å². The highest BCUT2D eigenvalue weighted by atomic mass is 127. The third kappa shape index (κ3) is 4.56. The van der Waals surface area contributed by atoms with Crippen LogP contribution < -0.4 is 10.0 Å². The lowest BCUT2D eigenvalue weighted by Crippen LogP contribution is -2.12. The molecule has 1 aromatic heterocycles. The Morgan fingerprint density at radius 1 is 1.29 bits per heavy atom. The summed E-state index contributed by atoms with van der Waals surface area (Å²) in [4.78, 5) is 0.978. The zero-order valence-corrected chi connectivity index (χ0v) is 15.7. The van der Waals surface area contributed by atoms with Gasteiger partial charge in [-0.05, 0) is 59.5 Å². The lowest BCUT2D eigenvalue weighted by atomic mass is 10.3. The van der Waals surface area contributed by atoms with E-state index in [0.717, 1.165) is 15.0 Å². The quantitative estimate of drug-likeness (QED) is 0.648. The average Bonchev–Trinajstić information content (AvgIpc) is 2.89.